The number of nitrogens with two attached hydrogens (primary N) is 1. The predicted octanol–water partition coefficient (Wildman–Crippen LogP) is 1.49. The number of aryl methyl sites for hydroxylation is 1. The van der Waals surface area contributed by atoms with E-state index in [1.807, 2.05) is 18.5 Å². The van der Waals surface area contributed by atoms with Gasteiger partial charge in [-0.05, 0) is 47.0 Å². The van der Waals surface area contributed by atoms with E-state index < -0.39 is 11.9 Å². The summed E-state index contributed by atoms with van der Waals surface area (Å²) < 4.78 is 1.94. The van der Waals surface area contributed by atoms with Crippen LogP contribution in [0.5, 0.6) is 0 Å². The predicted molar refractivity (Wildman–Crippen MR) is 84.3 cm³/mol. The maximum atomic E-state index is 12.6. The Morgan fingerprint density at radius 1 is 1.32 bits per heavy atom. The smallest absolute Gasteiger partial charge is 0.240 e. The van der Waals surface area contributed by atoms with E-state index in [1.165, 1.54) is 0 Å². The third-order valence-electron chi connectivity index (χ3n) is 4.44. The maximum Gasteiger partial charge on any atom is 0.240 e. The standard InChI is InChI=1S/C16H26N4O2/c1-10(2)20-12(4)13(11(3)18-20)9-15(21)19-8-6-5-7-14(19)16(17)22/h10,14H,5-9H2,1-4H3,(H2,17,22). The number of hydrogen-bond donors (Lipinski definition) is 1. The molecule has 22 heavy (non-hydrogen) atoms. The molecule has 0 bridgehead atoms. The van der Waals surface area contributed by atoms with Gasteiger partial charge in [0.25, 0.3) is 0 Å². The molecule has 6 nitrogen and oxygen atoms in total. The van der Waals surface area contributed by atoms with E-state index >= 15 is 0 Å². The molecule has 1 aromatic heterocycles. The van der Waals surface area contributed by atoms with Crippen LogP contribution in [0.25, 0.3) is 0 Å². The molecule has 2 N–H and O–H groups in total. The fraction of sp³-hybridized carbons (Fsp3) is 0.688. The zero-order chi connectivity index (χ0) is 16.4. The molecule has 1 unspecified atom stereocenters. The van der Waals surface area contributed by atoms with Gasteiger partial charge < -0.3 is 10.6 Å². The van der Waals surface area contributed by atoms with Gasteiger partial charge in [0, 0.05) is 23.8 Å². The van der Waals surface area contributed by atoms with Crippen LogP contribution in [0.3, 0.4) is 0 Å². The van der Waals surface area contributed by atoms with Crippen LogP contribution in [0.4, 0.5) is 0 Å². The average Bonchev–Trinajstić information content (AvgIpc) is 2.75. The largest absolute Gasteiger partial charge is 0.368 e. The van der Waals surface area contributed by atoms with Crippen molar-refractivity contribution in [2.75, 3.05) is 6.54 Å². The van der Waals surface area contributed by atoms with Gasteiger partial charge in [0.1, 0.15) is 6.04 Å². The van der Waals surface area contributed by atoms with Crippen molar-refractivity contribution in [2.24, 2.45) is 5.73 Å². The molecule has 0 saturated carbocycles. The normalized spacial score (nSPS) is 18.8. The summed E-state index contributed by atoms with van der Waals surface area (Å²) >= 11 is 0. The Labute approximate surface area is 131 Å². The molecule has 1 atom stereocenters. The van der Waals surface area contributed by atoms with E-state index in [4.69, 9.17) is 5.73 Å². The number of likely N-dealkylation sites (tertiary alicyclic amines) is 1. The van der Waals surface area contributed by atoms with Crippen molar-refractivity contribution in [1.29, 1.82) is 0 Å². The van der Waals surface area contributed by atoms with Crippen molar-refractivity contribution in [3.8, 4) is 0 Å². The van der Waals surface area contributed by atoms with Crippen LogP contribution < -0.4 is 5.73 Å². The van der Waals surface area contributed by atoms with Crippen molar-refractivity contribution >= 4 is 11.8 Å². The lowest BCUT2D eigenvalue weighted by atomic mass is 10.00. The highest BCUT2D eigenvalue weighted by atomic mass is 16.2. The van der Waals surface area contributed by atoms with Crippen LogP contribution >= 0.6 is 0 Å². The van der Waals surface area contributed by atoms with E-state index in [0.29, 0.717) is 13.0 Å². The molecule has 2 heterocycles. The summed E-state index contributed by atoms with van der Waals surface area (Å²) in [6.07, 6.45) is 2.83. The Morgan fingerprint density at radius 2 is 2.00 bits per heavy atom. The number of amides is 2. The third-order valence-corrected chi connectivity index (χ3v) is 4.44. The molecule has 1 aliphatic rings. The molecule has 0 spiro atoms. The molecule has 1 saturated heterocycles. The maximum absolute atomic E-state index is 12.6. The first-order valence-corrected chi connectivity index (χ1v) is 7.96. The van der Waals surface area contributed by atoms with Gasteiger partial charge in [-0.2, -0.15) is 5.10 Å². The van der Waals surface area contributed by atoms with Crippen molar-refractivity contribution in [1.82, 2.24) is 14.7 Å². The van der Waals surface area contributed by atoms with Crippen molar-refractivity contribution in [2.45, 2.75) is 65.5 Å². The van der Waals surface area contributed by atoms with Gasteiger partial charge in [-0.25, -0.2) is 0 Å². The van der Waals surface area contributed by atoms with Crippen LogP contribution in [-0.4, -0.2) is 39.1 Å². The first-order valence-electron chi connectivity index (χ1n) is 7.96. The van der Waals surface area contributed by atoms with Crippen LogP contribution in [0.2, 0.25) is 0 Å². The quantitative estimate of drug-likeness (QED) is 0.915. The van der Waals surface area contributed by atoms with E-state index in [1.54, 1.807) is 4.90 Å². The Kier molecular flexibility index (Phi) is 4.88. The minimum absolute atomic E-state index is 0.0296. The molecule has 122 valence electrons. The summed E-state index contributed by atoms with van der Waals surface area (Å²) in [5.74, 6) is -0.433. The lowest BCUT2D eigenvalue weighted by Crippen LogP contribution is -2.51. The second-order valence-electron chi connectivity index (χ2n) is 6.37. The summed E-state index contributed by atoms with van der Waals surface area (Å²) in [7, 11) is 0. The number of hydrogen-bond acceptors (Lipinski definition) is 3. The van der Waals surface area contributed by atoms with E-state index in [-0.39, 0.29) is 18.4 Å². The van der Waals surface area contributed by atoms with Crippen molar-refractivity contribution in [3.63, 3.8) is 0 Å². The number of aromatic nitrogens is 2. The fourth-order valence-electron chi connectivity index (χ4n) is 3.23. The number of carbonyl (C=O) groups excluding carboxylic acids is 2. The molecule has 1 aliphatic heterocycles. The van der Waals surface area contributed by atoms with Crippen molar-refractivity contribution in [3.05, 3.63) is 17.0 Å². The second kappa shape index (κ2) is 6.50. The van der Waals surface area contributed by atoms with Gasteiger partial charge in [-0.15, -0.1) is 0 Å². The van der Waals surface area contributed by atoms with Gasteiger partial charge >= 0.3 is 0 Å². The Hall–Kier alpha value is -1.85. The van der Waals surface area contributed by atoms with Gasteiger partial charge in [0.05, 0.1) is 12.1 Å². The van der Waals surface area contributed by atoms with Crippen LogP contribution in [0, 0.1) is 13.8 Å². The minimum Gasteiger partial charge on any atom is -0.368 e. The third kappa shape index (κ3) is 3.15. The molecule has 0 aliphatic carbocycles. The molecule has 0 aromatic carbocycles. The molecule has 1 fully saturated rings. The SMILES string of the molecule is Cc1nn(C(C)C)c(C)c1CC(=O)N1CCCCC1C(N)=O. The Balaban J connectivity index is 2.19. The monoisotopic (exact) mass is 306 g/mol. The minimum atomic E-state index is -0.456. The molecule has 2 rings (SSSR count). The summed E-state index contributed by atoms with van der Waals surface area (Å²) in [5.41, 5.74) is 8.31. The van der Waals surface area contributed by atoms with Crippen molar-refractivity contribution < 1.29 is 9.59 Å². The fourth-order valence-corrected chi connectivity index (χ4v) is 3.23. The van der Waals surface area contributed by atoms with Crippen LogP contribution in [0.1, 0.15) is 56.1 Å². The summed E-state index contributed by atoms with van der Waals surface area (Å²) in [6, 6.07) is -0.196. The Morgan fingerprint density at radius 3 is 2.55 bits per heavy atom. The number of carbonyl (C=O) groups is 2. The molecular weight excluding hydrogens is 280 g/mol. The summed E-state index contributed by atoms with van der Waals surface area (Å²) in [5, 5.41) is 4.52. The summed E-state index contributed by atoms with van der Waals surface area (Å²) in [6.45, 7) is 8.67. The van der Waals surface area contributed by atoms with Crippen LogP contribution in [-0.2, 0) is 16.0 Å². The molecule has 2 amide bonds. The molecule has 0 radical (unpaired) electrons. The topological polar surface area (TPSA) is 81.2 Å². The molecule has 6 heteroatoms. The number of primary amides is 1. The first-order chi connectivity index (χ1) is 10.3. The van der Waals surface area contributed by atoms with Gasteiger partial charge in [0.2, 0.25) is 11.8 Å². The summed E-state index contributed by atoms with van der Waals surface area (Å²) in [4.78, 5) is 25.9. The Bertz CT molecular complexity index is 577. The first kappa shape index (κ1) is 16.5. The van der Waals surface area contributed by atoms with Crippen LogP contribution in [0.15, 0.2) is 0 Å². The average molecular weight is 306 g/mol. The molecular formula is C16H26N4O2. The van der Waals surface area contributed by atoms with Gasteiger partial charge in [0.15, 0.2) is 0 Å². The lowest BCUT2D eigenvalue weighted by Gasteiger charge is -2.33. The number of rotatable bonds is 4. The lowest BCUT2D eigenvalue weighted by molar-refractivity contribution is -0.140. The highest BCUT2D eigenvalue weighted by Crippen LogP contribution is 2.22. The zero-order valence-electron chi connectivity index (χ0n) is 13.9. The number of piperidine rings is 1. The molecule has 1 aromatic rings. The highest BCUT2D eigenvalue weighted by molar-refractivity contribution is 5.87. The van der Waals surface area contributed by atoms with Gasteiger partial charge in [-0.3, -0.25) is 14.3 Å². The van der Waals surface area contributed by atoms with E-state index in [0.717, 1.165) is 29.8 Å². The second-order valence-corrected chi connectivity index (χ2v) is 6.37. The number of nitrogens with zero attached hydrogens (tertiary/aromatic N) is 3. The van der Waals surface area contributed by atoms with E-state index in [9.17, 15) is 9.59 Å². The van der Waals surface area contributed by atoms with Gasteiger partial charge in [-0.1, -0.05) is 0 Å². The van der Waals surface area contributed by atoms with E-state index in [2.05, 4.69) is 18.9 Å². The zero-order valence-corrected chi connectivity index (χ0v) is 13.9. The highest BCUT2D eigenvalue weighted by Gasteiger charge is 2.31.